The molecular weight excluding hydrogens is 168 g/mol. The predicted octanol–water partition coefficient (Wildman–Crippen LogP) is 0.688. The van der Waals surface area contributed by atoms with Crippen LogP contribution >= 0.6 is 0 Å². The highest BCUT2D eigenvalue weighted by atomic mass is 16.5. The minimum absolute atomic E-state index is 0.243. The quantitative estimate of drug-likeness (QED) is 0.626. The van der Waals surface area contributed by atoms with E-state index in [0.29, 0.717) is 5.56 Å². The van der Waals surface area contributed by atoms with Crippen molar-refractivity contribution in [2.75, 3.05) is 13.6 Å². The number of nitrogens with zero attached hydrogens (tertiary/aromatic N) is 2. The first-order chi connectivity index (χ1) is 6.16. The molecule has 13 heavy (non-hydrogen) atoms. The third kappa shape index (κ3) is 1.88. The average molecular weight is 178 g/mol. The second-order valence-electron chi connectivity index (χ2n) is 2.70. The van der Waals surface area contributed by atoms with E-state index in [-0.39, 0.29) is 18.2 Å². The molecule has 4 nitrogen and oxygen atoms in total. The summed E-state index contributed by atoms with van der Waals surface area (Å²) in [5.41, 5.74) is 0.717. The molecule has 0 atom stereocenters. The lowest BCUT2D eigenvalue weighted by Gasteiger charge is -2.11. The van der Waals surface area contributed by atoms with Crippen LogP contribution in [0.25, 0.3) is 0 Å². The van der Waals surface area contributed by atoms with Gasteiger partial charge in [-0.05, 0) is 6.92 Å². The minimum atomic E-state index is -0.243. The number of rotatable bonds is 2. The van der Waals surface area contributed by atoms with E-state index in [4.69, 9.17) is 10.9 Å². The minimum Gasteiger partial charge on any atom is -0.351 e. The van der Waals surface area contributed by atoms with Crippen LogP contribution in [0.3, 0.4) is 0 Å². The van der Waals surface area contributed by atoms with Crippen molar-refractivity contribution in [3.8, 4) is 12.3 Å². The molecule has 1 rings (SSSR count). The van der Waals surface area contributed by atoms with Gasteiger partial charge in [-0.1, -0.05) is 11.1 Å². The van der Waals surface area contributed by atoms with Gasteiger partial charge in [0.1, 0.15) is 0 Å². The Kier molecular flexibility index (Phi) is 2.70. The molecule has 0 aliphatic rings. The molecule has 0 aromatic carbocycles. The lowest BCUT2D eigenvalue weighted by molar-refractivity contribution is 0.0770. The first kappa shape index (κ1) is 9.33. The summed E-state index contributed by atoms with van der Waals surface area (Å²) in [6.45, 7) is 2.02. The number of carbonyl (C=O) groups excluding carboxylic acids is 1. The zero-order chi connectivity index (χ0) is 9.84. The highest BCUT2D eigenvalue weighted by Crippen LogP contribution is 2.08. The molecular formula is C9H10N2O2. The Hall–Kier alpha value is -1.76. The van der Waals surface area contributed by atoms with Gasteiger partial charge in [0.2, 0.25) is 5.76 Å². The first-order valence-electron chi connectivity index (χ1n) is 3.77. The van der Waals surface area contributed by atoms with Crippen LogP contribution in [-0.2, 0) is 0 Å². The standard InChI is InChI=1S/C9H10N2O2/c1-4-5-11(3)9(12)8-7(2)6-10-13-8/h1,6H,5H2,2-3H3. The Morgan fingerprint density at radius 1 is 1.85 bits per heavy atom. The van der Waals surface area contributed by atoms with Crippen LogP contribution in [0, 0.1) is 19.3 Å². The fourth-order valence-electron chi connectivity index (χ4n) is 0.879. The van der Waals surface area contributed by atoms with Gasteiger partial charge in [-0.2, -0.15) is 0 Å². The smallest absolute Gasteiger partial charge is 0.293 e. The molecule has 0 bridgehead atoms. The maximum atomic E-state index is 11.5. The Balaban J connectivity index is 2.81. The van der Waals surface area contributed by atoms with E-state index in [0.717, 1.165) is 0 Å². The largest absolute Gasteiger partial charge is 0.351 e. The summed E-state index contributed by atoms with van der Waals surface area (Å²) in [4.78, 5) is 12.9. The molecule has 0 spiro atoms. The maximum absolute atomic E-state index is 11.5. The zero-order valence-corrected chi connectivity index (χ0v) is 7.57. The van der Waals surface area contributed by atoms with E-state index in [1.807, 2.05) is 0 Å². The highest BCUT2D eigenvalue weighted by Gasteiger charge is 2.17. The van der Waals surface area contributed by atoms with Gasteiger partial charge in [-0.25, -0.2) is 0 Å². The predicted molar refractivity (Wildman–Crippen MR) is 47.0 cm³/mol. The molecule has 0 saturated carbocycles. The molecule has 0 N–H and O–H groups in total. The van der Waals surface area contributed by atoms with Crippen LogP contribution in [0.15, 0.2) is 10.7 Å². The Morgan fingerprint density at radius 3 is 3.00 bits per heavy atom. The molecule has 1 amide bonds. The average Bonchev–Trinajstić information content (AvgIpc) is 2.50. The summed E-state index contributed by atoms with van der Waals surface area (Å²) in [6, 6.07) is 0. The van der Waals surface area contributed by atoms with Crippen molar-refractivity contribution >= 4 is 5.91 Å². The van der Waals surface area contributed by atoms with Crippen LogP contribution in [0.2, 0.25) is 0 Å². The third-order valence-corrected chi connectivity index (χ3v) is 1.62. The molecule has 0 aliphatic carbocycles. The number of amides is 1. The summed E-state index contributed by atoms with van der Waals surface area (Å²) in [6.07, 6.45) is 6.57. The number of aromatic nitrogens is 1. The molecule has 0 fully saturated rings. The molecule has 0 saturated heterocycles. The Morgan fingerprint density at radius 2 is 2.54 bits per heavy atom. The van der Waals surface area contributed by atoms with Crippen molar-refractivity contribution in [1.29, 1.82) is 0 Å². The van der Waals surface area contributed by atoms with Crippen LogP contribution in [0.5, 0.6) is 0 Å². The van der Waals surface area contributed by atoms with Crippen LogP contribution in [0.1, 0.15) is 16.1 Å². The van der Waals surface area contributed by atoms with E-state index in [2.05, 4.69) is 11.1 Å². The van der Waals surface area contributed by atoms with Crippen molar-refractivity contribution < 1.29 is 9.32 Å². The second-order valence-corrected chi connectivity index (χ2v) is 2.70. The summed E-state index contributed by atoms with van der Waals surface area (Å²) >= 11 is 0. The third-order valence-electron chi connectivity index (χ3n) is 1.62. The fourth-order valence-corrected chi connectivity index (χ4v) is 0.879. The molecule has 0 unspecified atom stereocenters. The van der Waals surface area contributed by atoms with Crippen molar-refractivity contribution in [1.82, 2.24) is 10.1 Å². The van der Waals surface area contributed by atoms with E-state index in [9.17, 15) is 4.79 Å². The Bertz CT molecular complexity index is 349. The summed E-state index contributed by atoms with van der Waals surface area (Å²) in [5, 5.41) is 3.51. The van der Waals surface area contributed by atoms with Crippen LogP contribution < -0.4 is 0 Å². The SMILES string of the molecule is C#CCN(C)C(=O)c1oncc1C. The summed E-state index contributed by atoms with van der Waals surface area (Å²) in [7, 11) is 1.62. The lowest BCUT2D eigenvalue weighted by Crippen LogP contribution is -2.27. The second kappa shape index (κ2) is 3.76. The number of hydrogen-bond acceptors (Lipinski definition) is 3. The highest BCUT2D eigenvalue weighted by molar-refractivity contribution is 5.92. The van der Waals surface area contributed by atoms with E-state index in [1.54, 1.807) is 14.0 Å². The van der Waals surface area contributed by atoms with Gasteiger partial charge in [0.05, 0.1) is 12.7 Å². The normalized spacial score (nSPS) is 9.31. The topological polar surface area (TPSA) is 46.3 Å². The van der Waals surface area contributed by atoms with Gasteiger partial charge in [-0.15, -0.1) is 6.42 Å². The van der Waals surface area contributed by atoms with Gasteiger partial charge in [0.15, 0.2) is 0 Å². The fraction of sp³-hybridized carbons (Fsp3) is 0.333. The zero-order valence-electron chi connectivity index (χ0n) is 7.57. The number of terminal acetylenes is 1. The molecule has 0 aliphatic heterocycles. The van der Waals surface area contributed by atoms with Crippen molar-refractivity contribution in [3.05, 3.63) is 17.5 Å². The van der Waals surface area contributed by atoms with Gasteiger partial charge in [0.25, 0.3) is 5.91 Å². The number of hydrogen-bond donors (Lipinski definition) is 0. The number of carbonyl (C=O) groups is 1. The molecule has 1 aromatic rings. The summed E-state index contributed by atoms with van der Waals surface area (Å²) < 4.78 is 4.78. The molecule has 4 heteroatoms. The number of aryl methyl sites for hydroxylation is 1. The van der Waals surface area contributed by atoms with Crippen molar-refractivity contribution in [2.45, 2.75) is 6.92 Å². The van der Waals surface area contributed by atoms with Crippen LogP contribution in [-0.4, -0.2) is 29.6 Å². The monoisotopic (exact) mass is 178 g/mol. The van der Waals surface area contributed by atoms with E-state index in [1.165, 1.54) is 11.1 Å². The van der Waals surface area contributed by atoms with Crippen molar-refractivity contribution in [2.24, 2.45) is 0 Å². The van der Waals surface area contributed by atoms with Crippen molar-refractivity contribution in [3.63, 3.8) is 0 Å². The van der Waals surface area contributed by atoms with Crippen LogP contribution in [0.4, 0.5) is 0 Å². The first-order valence-corrected chi connectivity index (χ1v) is 3.77. The van der Waals surface area contributed by atoms with Gasteiger partial charge >= 0.3 is 0 Å². The maximum Gasteiger partial charge on any atom is 0.293 e. The van der Waals surface area contributed by atoms with Gasteiger partial charge in [0, 0.05) is 12.6 Å². The summed E-state index contributed by atoms with van der Waals surface area (Å²) in [5.74, 6) is 2.38. The molecule has 68 valence electrons. The Labute approximate surface area is 76.5 Å². The van der Waals surface area contributed by atoms with E-state index >= 15 is 0 Å². The lowest BCUT2D eigenvalue weighted by atomic mass is 10.3. The van der Waals surface area contributed by atoms with Gasteiger partial charge in [-0.3, -0.25) is 4.79 Å². The molecule has 1 heterocycles. The van der Waals surface area contributed by atoms with E-state index < -0.39 is 0 Å². The molecule has 0 radical (unpaired) electrons. The van der Waals surface area contributed by atoms with Gasteiger partial charge < -0.3 is 9.42 Å². The molecule has 1 aromatic heterocycles.